The summed E-state index contributed by atoms with van der Waals surface area (Å²) in [6.07, 6.45) is -0.0429. The minimum Gasteiger partial charge on any atom is -0.384 e. The molecule has 0 bridgehead atoms. The SMILES string of the molecule is COCC(Br)Cc1ccc(F)cc1S(=O)(=O)C(F)(F)F. The number of alkyl halides is 4. The van der Waals surface area contributed by atoms with Gasteiger partial charge in [-0.1, -0.05) is 22.0 Å². The summed E-state index contributed by atoms with van der Waals surface area (Å²) in [7, 11) is -4.20. The lowest BCUT2D eigenvalue weighted by molar-refractivity contribution is -0.0436. The molecule has 1 aromatic carbocycles. The van der Waals surface area contributed by atoms with Gasteiger partial charge in [0, 0.05) is 11.9 Å². The first kappa shape index (κ1) is 17.4. The van der Waals surface area contributed by atoms with E-state index in [2.05, 4.69) is 15.9 Å². The molecule has 1 atom stereocenters. The molecule has 0 heterocycles. The Hall–Kier alpha value is -0.670. The van der Waals surface area contributed by atoms with Crippen LogP contribution in [0, 0.1) is 5.82 Å². The average molecular weight is 379 g/mol. The molecule has 9 heteroatoms. The first-order valence-corrected chi connectivity index (χ1v) is 7.72. The summed E-state index contributed by atoms with van der Waals surface area (Å²) >= 11 is 3.15. The Kier molecular flexibility index (Phi) is 5.56. The van der Waals surface area contributed by atoms with Gasteiger partial charge in [-0.2, -0.15) is 13.2 Å². The van der Waals surface area contributed by atoms with Crippen LogP contribution in [0.15, 0.2) is 23.1 Å². The molecule has 0 N–H and O–H groups in total. The second-order valence-corrected chi connectivity index (χ2v) is 7.16. The fourth-order valence-electron chi connectivity index (χ4n) is 1.55. The highest BCUT2D eigenvalue weighted by molar-refractivity contribution is 9.09. The topological polar surface area (TPSA) is 43.4 Å². The van der Waals surface area contributed by atoms with Crippen molar-refractivity contribution in [3.8, 4) is 0 Å². The summed E-state index contributed by atoms with van der Waals surface area (Å²) in [5.41, 5.74) is -5.60. The summed E-state index contributed by atoms with van der Waals surface area (Å²) in [5, 5.41) is 0. The van der Waals surface area contributed by atoms with Crippen LogP contribution in [-0.2, 0) is 21.0 Å². The van der Waals surface area contributed by atoms with Gasteiger partial charge in [-0.25, -0.2) is 12.8 Å². The third kappa shape index (κ3) is 3.92. The molecule has 114 valence electrons. The van der Waals surface area contributed by atoms with Crippen LogP contribution in [-0.4, -0.2) is 32.5 Å². The van der Waals surface area contributed by atoms with Crippen LogP contribution < -0.4 is 0 Å². The van der Waals surface area contributed by atoms with Crippen molar-refractivity contribution in [3.05, 3.63) is 29.6 Å². The van der Waals surface area contributed by atoms with Gasteiger partial charge in [0.1, 0.15) is 5.82 Å². The third-order valence-electron chi connectivity index (χ3n) is 2.41. The second-order valence-electron chi connectivity index (χ2n) is 3.96. The van der Waals surface area contributed by atoms with E-state index in [-0.39, 0.29) is 23.4 Å². The average Bonchev–Trinajstić information content (AvgIpc) is 2.30. The van der Waals surface area contributed by atoms with Gasteiger partial charge in [0.25, 0.3) is 9.84 Å². The van der Waals surface area contributed by atoms with E-state index < -0.39 is 26.1 Å². The fourth-order valence-corrected chi connectivity index (χ4v) is 3.18. The van der Waals surface area contributed by atoms with Gasteiger partial charge < -0.3 is 4.74 Å². The molecule has 0 radical (unpaired) electrons. The molecule has 0 spiro atoms. The van der Waals surface area contributed by atoms with Gasteiger partial charge in [-0.05, 0) is 24.1 Å². The molecule has 0 saturated carbocycles. The Bertz CT molecular complexity index is 572. The van der Waals surface area contributed by atoms with Crippen LogP contribution in [0.25, 0.3) is 0 Å². The van der Waals surface area contributed by atoms with E-state index in [9.17, 15) is 26.0 Å². The molecular formula is C11H11BrF4O3S. The zero-order valence-corrected chi connectivity index (χ0v) is 12.6. The molecule has 0 aromatic heterocycles. The van der Waals surface area contributed by atoms with E-state index in [1.807, 2.05) is 0 Å². The van der Waals surface area contributed by atoms with Crippen molar-refractivity contribution in [2.45, 2.75) is 21.7 Å². The number of sulfone groups is 1. The maximum absolute atomic E-state index is 13.1. The van der Waals surface area contributed by atoms with Crippen molar-refractivity contribution in [1.29, 1.82) is 0 Å². The fraction of sp³-hybridized carbons (Fsp3) is 0.455. The number of halogens is 5. The van der Waals surface area contributed by atoms with E-state index in [0.29, 0.717) is 6.07 Å². The predicted octanol–water partition coefficient (Wildman–Crippen LogP) is 3.07. The van der Waals surface area contributed by atoms with Gasteiger partial charge >= 0.3 is 5.51 Å². The van der Waals surface area contributed by atoms with Crippen LogP contribution >= 0.6 is 15.9 Å². The van der Waals surface area contributed by atoms with Crippen LogP contribution in [0.2, 0.25) is 0 Å². The molecule has 20 heavy (non-hydrogen) atoms. The zero-order chi connectivity index (χ0) is 15.6. The van der Waals surface area contributed by atoms with Crippen molar-refractivity contribution in [1.82, 2.24) is 0 Å². The molecule has 0 fully saturated rings. The number of hydrogen-bond acceptors (Lipinski definition) is 3. The van der Waals surface area contributed by atoms with Crippen molar-refractivity contribution >= 4 is 25.8 Å². The summed E-state index contributed by atoms with van der Waals surface area (Å²) in [5.74, 6) is -1.05. The molecule has 1 unspecified atom stereocenters. The summed E-state index contributed by atoms with van der Waals surface area (Å²) in [4.78, 5) is -1.45. The van der Waals surface area contributed by atoms with E-state index >= 15 is 0 Å². The number of hydrogen-bond donors (Lipinski definition) is 0. The van der Waals surface area contributed by atoms with Gasteiger partial charge in [-0.15, -0.1) is 0 Å². The lowest BCUT2D eigenvalue weighted by Gasteiger charge is -2.15. The molecule has 0 aliphatic heterocycles. The summed E-state index contributed by atoms with van der Waals surface area (Å²) < 4.78 is 78.4. The van der Waals surface area contributed by atoms with Crippen molar-refractivity contribution in [3.63, 3.8) is 0 Å². The maximum atomic E-state index is 13.1. The van der Waals surface area contributed by atoms with Gasteiger partial charge in [-0.3, -0.25) is 0 Å². The molecular weight excluding hydrogens is 368 g/mol. The highest BCUT2D eigenvalue weighted by atomic mass is 79.9. The lowest BCUT2D eigenvalue weighted by Crippen LogP contribution is -2.25. The van der Waals surface area contributed by atoms with Crippen molar-refractivity contribution in [2.75, 3.05) is 13.7 Å². The normalized spacial score (nSPS) is 14.3. The quantitative estimate of drug-likeness (QED) is 0.584. The van der Waals surface area contributed by atoms with Crippen LogP contribution in [0.1, 0.15) is 5.56 Å². The smallest absolute Gasteiger partial charge is 0.384 e. The number of methoxy groups -OCH3 is 1. The van der Waals surface area contributed by atoms with Crippen LogP contribution in [0.5, 0.6) is 0 Å². The molecule has 0 saturated heterocycles. The van der Waals surface area contributed by atoms with Crippen LogP contribution in [0.4, 0.5) is 17.6 Å². The van der Waals surface area contributed by atoms with Crippen LogP contribution in [0.3, 0.4) is 0 Å². The first-order chi connectivity index (χ1) is 9.09. The summed E-state index contributed by atoms with van der Waals surface area (Å²) in [6, 6.07) is 2.32. The lowest BCUT2D eigenvalue weighted by atomic mass is 10.1. The number of rotatable bonds is 5. The van der Waals surface area contributed by atoms with Crippen molar-refractivity contribution < 1.29 is 30.7 Å². The third-order valence-corrected chi connectivity index (χ3v) is 4.57. The minimum atomic E-state index is -5.59. The van der Waals surface area contributed by atoms with E-state index in [0.717, 1.165) is 12.1 Å². The highest BCUT2D eigenvalue weighted by Gasteiger charge is 2.48. The molecule has 0 aliphatic rings. The Balaban J connectivity index is 3.29. The van der Waals surface area contributed by atoms with E-state index in [4.69, 9.17) is 4.74 Å². The zero-order valence-electron chi connectivity index (χ0n) is 10.2. The second kappa shape index (κ2) is 6.40. The van der Waals surface area contributed by atoms with Crippen molar-refractivity contribution in [2.24, 2.45) is 0 Å². The van der Waals surface area contributed by atoms with E-state index in [1.165, 1.54) is 7.11 Å². The molecule has 1 rings (SSSR count). The van der Waals surface area contributed by atoms with E-state index in [1.54, 1.807) is 0 Å². The predicted molar refractivity (Wildman–Crippen MR) is 67.9 cm³/mol. The molecule has 0 amide bonds. The Morgan fingerprint density at radius 3 is 2.45 bits per heavy atom. The largest absolute Gasteiger partial charge is 0.501 e. The molecule has 1 aromatic rings. The van der Waals surface area contributed by atoms with Gasteiger partial charge in [0.15, 0.2) is 0 Å². The van der Waals surface area contributed by atoms with Gasteiger partial charge in [0.2, 0.25) is 0 Å². The Morgan fingerprint density at radius 2 is 1.95 bits per heavy atom. The highest BCUT2D eigenvalue weighted by Crippen LogP contribution is 2.33. The maximum Gasteiger partial charge on any atom is 0.501 e. The number of benzene rings is 1. The minimum absolute atomic E-state index is 0.0429. The monoisotopic (exact) mass is 378 g/mol. The molecule has 3 nitrogen and oxygen atoms in total. The molecule has 0 aliphatic carbocycles. The van der Waals surface area contributed by atoms with Gasteiger partial charge in [0.05, 0.1) is 11.5 Å². The Morgan fingerprint density at radius 1 is 1.35 bits per heavy atom. The standard InChI is InChI=1S/C11H11BrF4O3S/c1-19-6-8(12)4-7-2-3-9(13)5-10(7)20(17,18)11(14,15)16/h2-3,5,8H,4,6H2,1H3. The summed E-state index contributed by atoms with van der Waals surface area (Å²) in [6.45, 7) is 0.170. The Labute approximate surface area is 122 Å². The number of ether oxygens (including phenoxy) is 1. The first-order valence-electron chi connectivity index (χ1n) is 5.32.